The number of aliphatic hydroxyl groups is 1. The molecule has 0 unspecified atom stereocenters. The first-order valence-corrected chi connectivity index (χ1v) is 28.2. The highest BCUT2D eigenvalue weighted by molar-refractivity contribution is 7.99. The molecule has 0 saturated carbocycles. The van der Waals surface area contributed by atoms with Crippen molar-refractivity contribution in [3.05, 3.63) is 83.9 Å². The highest BCUT2D eigenvalue weighted by Crippen LogP contribution is 2.42. The van der Waals surface area contributed by atoms with Crippen LogP contribution >= 0.6 is 34.8 Å². The number of anilines is 6. The molecule has 0 aliphatic heterocycles. The van der Waals surface area contributed by atoms with Gasteiger partial charge in [-0.3, -0.25) is 9.11 Å². The maximum absolute atomic E-state index is 12.2. The van der Waals surface area contributed by atoms with Crippen LogP contribution in [0.25, 0.3) is 22.5 Å². The van der Waals surface area contributed by atoms with Crippen LogP contribution in [-0.2, 0) is 20.2 Å². The Balaban J connectivity index is 1.27. The van der Waals surface area contributed by atoms with E-state index < -0.39 is 30.0 Å². The van der Waals surface area contributed by atoms with Crippen molar-refractivity contribution in [1.82, 2.24) is 23.7 Å². The van der Waals surface area contributed by atoms with Gasteiger partial charge in [-0.15, -0.1) is 20.5 Å². The van der Waals surface area contributed by atoms with Gasteiger partial charge in [0.15, 0.2) is 15.2 Å². The second-order valence-corrected chi connectivity index (χ2v) is 20.9. The van der Waals surface area contributed by atoms with E-state index in [0.717, 1.165) is 46.6 Å². The Bertz CT molecular complexity index is 3420. The predicted octanol–water partition coefficient (Wildman–Crippen LogP) is 10.5. The molecular weight excluding hydrogens is 1080 g/mol. The number of nitrogens with zero attached hydrogens (tertiary/aromatic N) is 13. The molecule has 0 radical (unpaired) electrons. The van der Waals surface area contributed by atoms with E-state index in [1.165, 1.54) is 50.2 Å². The van der Waals surface area contributed by atoms with Crippen LogP contribution in [0.5, 0.6) is 11.5 Å². The van der Waals surface area contributed by atoms with Crippen LogP contribution in [0.15, 0.2) is 108 Å². The summed E-state index contributed by atoms with van der Waals surface area (Å²) < 4.78 is 87.4. The predicted molar refractivity (Wildman–Crippen MR) is 290 cm³/mol. The summed E-state index contributed by atoms with van der Waals surface area (Å²) in [6.45, 7) is 10.6. The minimum absolute atomic E-state index is 0.00455. The smallest absolute Gasteiger partial charge is 0.298 e. The van der Waals surface area contributed by atoms with Crippen LogP contribution in [0.3, 0.4) is 0 Å². The molecule has 0 aliphatic rings. The maximum atomic E-state index is 12.2. The number of methoxy groups -OCH3 is 2. The van der Waals surface area contributed by atoms with E-state index in [1.54, 1.807) is 12.1 Å². The topological polar surface area (TPSA) is 339 Å². The SMILES string of the molecule is CCN(CC)c1ccc(/N=N/c2snc(-c3ccc(OC)c(S(=O)(=O)O)c3)c2C#N)c(Nc2nc(Nc3cc(N(CC)CC)ccc3/N=N/c3snc(-c4ccc(OC)c(S(=O)(=O)O)c4)c3C#N)nc(SCCO)n2)c1. The summed E-state index contributed by atoms with van der Waals surface area (Å²) in [5.41, 5.74) is 3.72. The molecule has 0 saturated heterocycles. The number of ether oxygens (including phenoxy) is 2. The van der Waals surface area contributed by atoms with Gasteiger partial charge in [0.1, 0.15) is 67.3 Å². The molecule has 394 valence electrons. The zero-order chi connectivity index (χ0) is 54.7. The minimum atomic E-state index is -4.70. The number of thioether (sulfide) groups is 1. The van der Waals surface area contributed by atoms with Crippen molar-refractivity contribution in [2.45, 2.75) is 42.6 Å². The molecule has 0 spiro atoms. The van der Waals surface area contributed by atoms with Crippen LogP contribution < -0.4 is 29.9 Å². The van der Waals surface area contributed by atoms with Gasteiger partial charge in [0.05, 0.1) is 32.2 Å². The molecule has 0 atom stereocenters. The third-order valence-electron chi connectivity index (χ3n) is 11.1. The summed E-state index contributed by atoms with van der Waals surface area (Å²) in [4.78, 5) is 17.3. The third kappa shape index (κ3) is 12.8. The van der Waals surface area contributed by atoms with Gasteiger partial charge >= 0.3 is 0 Å². The van der Waals surface area contributed by atoms with Crippen LogP contribution in [0.1, 0.15) is 38.8 Å². The molecular formula is C47H47N15O9S5. The first-order chi connectivity index (χ1) is 36.5. The van der Waals surface area contributed by atoms with Crippen LogP contribution in [-0.4, -0.2) is 108 Å². The third-order valence-corrected chi connectivity index (χ3v) is 15.2. The lowest BCUT2D eigenvalue weighted by Gasteiger charge is -2.22. The summed E-state index contributed by atoms with van der Waals surface area (Å²) in [5, 5.41) is 55.2. The van der Waals surface area contributed by atoms with Gasteiger partial charge < -0.3 is 35.0 Å². The van der Waals surface area contributed by atoms with Crippen molar-refractivity contribution in [2.75, 3.05) is 73.2 Å². The fourth-order valence-corrected chi connectivity index (χ4v) is 10.8. The van der Waals surface area contributed by atoms with Crippen LogP contribution in [0, 0.1) is 22.7 Å². The molecule has 76 heavy (non-hydrogen) atoms. The molecule has 29 heteroatoms. The standard InChI is InChI=1S/C47H47N15O9S5/c1-7-61(8-2)29-13-15-33(55-57-43-31(25-48)41(59-73-43)27-11-17-37(70-5)39(21-27)75(64,65)66)35(23-29)50-45-52-46(54-47(53-45)72-20-19-63)51-36-24-30(62(9-3)10-4)14-16-34(36)56-58-44-32(26-49)42(60-74-44)28-12-18-38(71-6)40(22-28)76(67,68)69/h11-18,21-24,63H,7-10,19-20H2,1-6H3,(H,64,65,66)(H,67,68,69)(H2,50,51,52,53,54)/b57-55+,58-56+. The number of nitriles is 2. The Morgan fingerprint density at radius 3 is 1.41 bits per heavy atom. The van der Waals surface area contributed by atoms with E-state index in [4.69, 9.17) is 14.5 Å². The lowest BCUT2D eigenvalue weighted by atomic mass is 10.1. The fourth-order valence-electron chi connectivity index (χ4n) is 7.45. The maximum Gasteiger partial charge on any atom is 0.298 e. The number of azo groups is 2. The van der Waals surface area contributed by atoms with E-state index in [1.807, 2.05) is 52.0 Å². The Hall–Kier alpha value is -7.74. The number of hydrogen-bond donors (Lipinski definition) is 5. The summed E-state index contributed by atoms with van der Waals surface area (Å²) in [6.07, 6.45) is 0. The van der Waals surface area contributed by atoms with Gasteiger partial charge in [0, 0.05) is 54.4 Å². The van der Waals surface area contributed by atoms with E-state index >= 15 is 0 Å². The molecule has 5 N–H and O–H groups in total. The number of hydrogen-bond acceptors (Lipinski definition) is 25. The van der Waals surface area contributed by atoms with Gasteiger partial charge in [-0.2, -0.15) is 51.1 Å². The molecule has 7 aromatic rings. The lowest BCUT2D eigenvalue weighted by molar-refractivity contribution is 0.322. The highest BCUT2D eigenvalue weighted by Gasteiger charge is 2.24. The summed E-state index contributed by atoms with van der Waals surface area (Å²) >= 11 is 2.88. The monoisotopic (exact) mass is 1130 g/mol. The lowest BCUT2D eigenvalue weighted by Crippen LogP contribution is -2.21. The summed E-state index contributed by atoms with van der Waals surface area (Å²) in [5.74, 6) is 0.173. The molecule has 3 heterocycles. The van der Waals surface area contributed by atoms with Crippen molar-refractivity contribution in [1.29, 1.82) is 10.5 Å². The second kappa shape index (κ2) is 24.7. The van der Waals surface area contributed by atoms with Crippen molar-refractivity contribution in [3.8, 4) is 46.2 Å². The molecule has 4 aromatic carbocycles. The van der Waals surface area contributed by atoms with Gasteiger partial charge in [0.2, 0.25) is 11.9 Å². The zero-order valence-electron chi connectivity index (χ0n) is 41.3. The van der Waals surface area contributed by atoms with Gasteiger partial charge in [-0.25, -0.2) is 0 Å². The first kappa shape index (κ1) is 56.0. The molecule has 0 fully saturated rings. The molecule has 3 aromatic heterocycles. The number of nitrogens with one attached hydrogen (secondary N) is 2. The average Bonchev–Trinajstić information content (AvgIpc) is 4.03. The molecule has 7 rings (SSSR count). The number of aliphatic hydroxyl groups excluding tert-OH is 1. The molecule has 24 nitrogen and oxygen atoms in total. The Kier molecular flexibility index (Phi) is 18.2. The Labute approximate surface area is 449 Å². The highest BCUT2D eigenvalue weighted by atomic mass is 32.2. The summed E-state index contributed by atoms with van der Waals surface area (Å²) in [6, 6.07) is 23.0. The van der Waals surface area contributed by atoms with E-state index in [2.05, 4.69) is 71.7 Å². The van der Waals surface area contributed by atoms with Crippen LogP contribution in [0.4, 0.5) is 56.0 Å². The molecule has 0 aliphatic carbocycles. The number of benzene rings is 4. The van der Waals surface area contributed by atoms with E-state index in [9.17, 15) is 41.6 Å². The number of rotatable bonds is 23. The fraction of sp³-hybridized carbons (Fsp3) is 0.255. The van der Waals surface area contributed by atoms with Gasteiger partial charge in [-0.1, -0.05) is 11.8 Å². The van der Waals surface area contributed by atoms with Crippen molar-refractivity contribution >= 4 is 111 Å². The number of aromatic nitrogens is 5. The largest absolute Gasteiger partial charge is 0.495 e. The van der Waals surface area contributed by atoms with Crippen molar-refractivity contribution in [2.24, 2.45) is 20.5 Å². The zero-order valence-corrected chi connectivity index (χ0v) is 45.4. The van der Waals surface area contributed by atoms with Gasteiger partial charge in [0.25, 0.3) is 20.2 Å². The Morgan fingerprint density at radius 1 is 0.632 bits per heavy atom. The van der Waals surface area contributed by atoms with Crippen molar-refractivity contribution < 1.29 is 40.5 Å². The van der Waals surface area contributed by atoms with Gasteiger partial charge in [-0.05, 0) is 124 Å². The summed E-state index contributed by atoms with van der Waals surface area (Å²) in [7, 11) is -6.88. The quantitative estimate of drug-likeness (QED) is 0.0226. The molecule has 0 amide bonds. The minimum Gasteiger partial charge on any atom is -0.495 e. The normalized spacial score (nSPS) is 11.7. The molecule has 0 bridgehead atoms. The Morgan fingerprint density at radius 2 is 1.05 bits per heavy atom. The van der Waals surface area contributed by atoms with E-state index in [-0.39, 0.29) is 84.6 Å². The second-order valence-electron chi connectivity index (χ2n) is 15.6. The first-order valence-electron chi connectivity index (χ1n) is 22.8. The van der Waals surface area contributed by atoms with Crippen LogP contribution in [0.2, 0.25) is 0 Å². The van der Waals surface area contributed by atoms with Crippen molar-refractivity contribution in [3.63, 3.8) is 0 Å². The van der Waals surface area contributed by atoms with E-state index in [0.29, 0.717) is 48.9 Å². The average molecular weight is 1130 g/mol.